The van der Waals surface area contributed by atoms with Gasteiger partial charge in [0.1, 0.15) is 5.69 Å². The molecule has 1 saturated carbocycles. The molecule has 0 amide bonds. The second-order valence-corrected chi connectivity index (χ2v) is 7.39. The van der Waals surface area contributed by atoms with Crippen molar-refractivity contribution in [3.63, 3.8) is 0 Å². The first kappa shape index (κ1) is 14.9. The number of anilines is 1. The van der Waals surface area contributed by atoms with Crippen LogP contribution in [0.25, 0.3) is 0 Å². The van der Waals surface area contributed by atoms with Gasteiger partial charge in [-0.1, -0.05) is 12.8 Å². The number of nitro benzene ring substituents is 1. The average molecular weight is 392 g/mol. The van der Waals surface area contributed by atoms with Crippen molar-refractivity contribution < 1.29 is 4.92 Å². The zero-order chi connectivity index (χ0) is 13.9. The fourth-order valence-corrected chi connectivity index (χ4v) is 3.92. The van der Waals surface area contributed by atoms with Gasteiger partial charge in [-0.05, 0) is 53.8 Å². The normalized spacial score (nSPS) is 17.4. The first-order chi connectivity index (χ1) is 9.06. The summed E-state index contributed by atoms with van der Waals surface area (Å²) in [6.45, 7) is 0.801. The summed E-state index contributed by atoms with van der Waals surface area (Å²) < 4.78 is 1.13. The highest BCUT2D eigenvalue weighted by atomic mass is 127. The lowest BCUT2D eigenvalue weighted by Crippen LogP contribution is -2.30. The van der Waals surface area contributed by atoms with Crippen molar-refractivity contribution in [2.75, 3.05) is 18.1 Å². The molecule has 0 heterocycles. The summed E-state index contributed by atoms with van der Waals surface area (Å²) in [5, 5.41) is 14.4. The van der Waals surface area contributed by atoms with Crippen molar-refractivity contribution in [1.29, 1.82) is 0 Å². The average Bonchev–Trinajstić information content (AvgIpc) is 2.86. The third-order valence-electron chi connectivity index (χ3n) is 3.71. The van der Waals surface area contributed by atoms with Crippen molar-refractivity contribution >= 4 is 45.7 Å². The lowest BCUT2D eigenvalue weighted by molar-refractivity contribution is -0.384. The van der Waals surface area contributed by atoms with E-state index >= 15 is 0 Å². The number of rotatable bonds is 5. The molecule has 4 nitrogen and oxygen atoms in total. The Morgan fingerprint density at radius 3 is 2.74 bits per heavy atom. The third kappa shape index (κ3) is 3.53. The van der Waals surface area contributed by atoms with Crippen LogP contribution in [0.3, 0.4) is 0 Å². The molecule has 0 bridgehead atoms. The number of benzene rings is 1. The predicted molar refractivity (Wildman–Crippen MR) is 89.0 cm³/mol. The molecule has 1 aromatic rings. The monoisotopic (exact) mass is 392 g/mol. The number of halogens is 1. The van der Waals surface area contributed by atoms with Crippen LogP contribution in [0.1, 0.15) is 25.7 Å². The smallest absolute Gasteiger partial charge is 0.293 e. The predicted octanol–water partition coefficient (Wildman–Crippen LogP) is 4.29. The minimum absolute atomic E-state index is 0.168. The Balaban J connectivity index is 2.13. The van der Waals surface area contributed by atoms with E-state index in [-0.39, 0.29) is 15.4 Å². The molecule has 1 aliphatic carbocycles. The van der Waals surface area contributed by atoms with E-state index in [0.717, 1.165) is 10.1 Å². The summed E-state index contributed by atoms with van der Waals surface area (Å²) in [5.74, 6) is 0. The molecule has 0 atom stereocenters. The lowest BCUT2D eigenvalue weighted by atomic mass is 10.1. The number of hydrogen-bond donors (Lipinski definition) is 1. The zero-order valence-electron chi connectivity index (χ0n) is 10.8. The summed E-state index contributed by atoms with van der Waals surface area (Å²) in [6.07, 6.45) is 7.04. The molecule has 104 valence electrons. The Hall–Kier alpha value is -0.500. The molecule has 0 aromatic heterocycles. The van der Waals surface area contributed by atoms with Gasteiger partial charge in [-0.2, -0.15) is 11.8 Å². The number of nitrogens with zero attached hydrogens (tertiary/aromatic N) is 1. The standard InChI is InChI=1S/C13H17IN2O2S/c1-19-13(6-2-3-7-13)9-15-11-5-4-10(14)8-12(11)16(17)18/h4-5,8,15H,2-3,6-7,9H2,1H3. The first-order valence-corrected chi connectivity index (χ1v) is 8.60. The van der Waals surface area contributed by atoms with Crippen molar-refractivity contribution in [3.05, 3.63) is 31.9 Å². The van der Waals surface area contributed by atoms with Gasteiger partial charge in [-0.15, -0.1) is 0 Å². The first-order valence-electron chi connectivity index (χ1n) is 6.29. The van der Waals surface area contributed by atoms with Gasteiger partial charge in [0.05, 0.1) is 4.92 Å². The second kappa shape index (κ2) is 6.30. The van der Waals surface area contributed by atoms with Crippen LogP contribution in [-0.4, -0.2) is 22.5 Å². The lowest BCUT2D eigenvalue weighted by Gasteiger charge is -2.27. The Morgan fingerprint density at radius 1 is 1.47 bits per heavy atom. The molecule has 0 saturated heterocycles. The van der Waals surface area contributed by atoms with Crippen molar-refractivity contribution in [2.24, 2.45) is 0 Å². The number of nitrogens with one attached hydrogen (secondary N) is 1. The van der Waals surface area contributed by atoms with Gasteiger partial charge < -0.3 is 5.32 Å². The molecular weight excluding hydrogens is 375 g/mol. The van der Waals surface area contributed by atoms with Gasteiger partial charge in [0.2, 0.25) is 0 Å². The quantitative estimate of drug-likeness (QED) is 0.462. The highest BCUT2D eigenvalue weighted by Gasteiger charge is 2.33. The molecule has 0 spiro atoms. The van der Waals surface area contributed by atoms with Crippen molar-refractivity contribution in [3.8, 4) is 0 Å². The molecule has 19 heavy (non-hydrogen) atoms. The second-order valence-electron chi connectivity index (χ2n) is 4.87. The van der Waals surface area contributed by atoms with Gasteiger partial charge in [-0.3, -0.25) is 10.1 Å². The van der Waals surface area contributed by atoms with E-state index in [1.807, 2.05) is 23.9 Å². The fraction of sp³-hybridized carbons (Fsp3) is 0.538. The molecule has 6 heteroatoms. The topological polar surface area (TPSA) is 55.2 Å². The highest BCUT2D eigenvalue weighted by Crippen LogP contribution is 2.40. The van der Waals surface area contributed by atoms with Crippen LogP contribution in [-0.2, 0) is 0 Å². The van der Waals surface area contributed by atoms with Gasteiger partial charge in [-0.25, -0.2) is 0 Å². The Kier molecular flexibility index (Phi) is 4.94. The molecule has 1 aromatic carbocycles. The van der Waals surface area contributed by atoms with E-state index in [0.29, 0.717) is 5.69 Å². The molecule has 1 fully saturated rings. The molecule has 1 N–H and O–H groups in total. The van der Waals surface area contributed by atoms with Crippen LogP contribution in [0, 0.1) is 13.7 Å². The zero-order valence-corrected chi connectivity index (χ0v) is 13.8. The van der Waals surface area contributed by atoms with E-state index in [1.54, 1.807) is 6.07 Å². The number of nitro groups is 1. The molecular formula is C13H17IN2O2S. The van der Waals surface area contributed by atoms with Crippen molar-refractivity contribution in [2.45, 2.75) is 30.4 Å². The summed E-state index contributed by atoms with van der Waals surface area (Å²) >= 11 is 3.98. The molecule has 0 aliphatic heterocycles. The van der Waals surface area contributed by atoms with E-state index in [9.17, 15) is 10.1 Å². The van der Waals surface area contributed by atoms with E-state index < -0.39 is 0 Å². The number of hydrogen-bond acceptors (Lipinski definition) is 4. The summed E-state index contributed by atoms with van der Waals surface area (Å²) in [6, 6.07) is 5.32. The highest BCUT2D eigenvalue weighted by molar-refractivity contribution is 14.1. The van der Waals surface area contributed by atoms with Gasteiger partial charge in [0.25, 0.3) is 5.69 Å². The van der Waals surface area contributed by atoms with Crippen LogP contribution in [0.2, 0.25) is 0 Å². The van der Waals surface area contributed by atoms with Gasteiger partial charge in [0, 0.05) is 20.9 Å². The van der Waals surface area contributed by atoms with Gasteiger partial charge in [0.15, 0.2) is 0 Å². The minimum atomic E-state index is -0.315. The third-order valence-corrected chi connectivity index (χ3v) is 5.79. The van der Waals surface area contributed by atoms with E-state index in [4.69, 9.17) is 0 Å². The Labute approximate surface area is 131 Å². The molecule has 2 rings (SSSR count). The molecule has 1 aliphatic rings. The van der Waals surface area contributed by atoms with Crippen LogP contribution in [0.5, 0.6) is 0 Å². The van der Waals surface area contributed by atoms with Gasteiger partial charge >= 0.3 is 0 Å². The Morgan fingerprint density at radius 2 is 2.16 bits per heavy atom. The maximum atomic E-state index is 11.1. The number of thioether (sulfide) groups is 1. The van der Waals surface area contributed by atoms with E-state index in [2.05, 4.69) is 34.2 Å². The fourth-order valence-electron chi connectivity index (χ4n) is 2.53. The minimum Gasteiger partial charge on any atom is -0.378 e. The van der Waals surface area contributed by atoms with Crippen molar-refractivity contribution in [1.82, 2.24) is 0 Å². The van der Waals surface area contributed by atoms with Crippen LogP contribution >= 0.6 is 34.4 Å². The van der Waals surface area contributed by atoms with Crippen LogP contribution in [0.4, 0.5) is 11.4 Å². The summed E-state index contributed by atoms with van der Waals surface area (Å²) in [7, 11) is 0. The molecule has 0 unspecified atom stereocenters. The summed E-state index contributed by atoms with van der Waals surface area (Å²) in [5.41, 5.74) is 0.798. The molecule has 0 radical (unpaired) electrons. The maximum Gasteiger partial charge on any atom is 0.293 e. The maximum absolute atomic E-state index is 11.1. The van der Waals surface area contributed by atoms with E-state index in [1.165, 1.54) is 25.7 Å². The SMILES string of the molecule is CSC1(CNc2ccc(I)cc2[N+](=O)[O-])CCCC1. The van der Waals surface area contributed by atoms with Crippen LogP contribution < -0.4 is 5.32 Å². The van der Waals surface area contributed by atoms with Crippen LogP contribution in [0.15, 0.2) is 18.2 Å². The summed E-state index contributed by atoms with van der Waals surface area (Å²) in [4.78, 5) is 10.8. The Bertz CT molecular complexity index is 476. The largest absolute Gasteiger partial charge is 0.378 e.